The molecule has 0 aliphatic carbocycles. The minimum absolute atomic E-state index is 0.696. The van der Waals surface area contributed by atoms with E-state index in [0.29, 0.717) is 4.88 Å². The number of thiazole rings is 1. The molecule has 1 fully saturated rings. The highest BCUT2D eigenvalue weighted by Crippen LogP contribution is 2.22. The van der Waals surface area contributed by atoms with E-state index in [2.05, 4.69) is 16.0 Å². The van der Waals surface area contributed by atoms with Crippen molar-refractivity contribution >= 4 is 17.2 Å². The van der Waals surface area contributed by atoms with Crippen molar-refractivity contribution in [3.05, 3.63) is 10.4 Å². The maximum atomic E-state index is 8.80. The van der Waals surface area contributed by atoms with Crippen molar-refractivity contribution in [3.8, 4) is 6.07 Å². The summed E-state index contributed by atoms with van der Waals surface area (Å²) in [4.78, 5) is 6.97. The molecule has 0 aromatic carbocycles. The van der Waals surface area contributed by atoms with Gasteiger partial charge in [-0.25, -0.2) is 4.98 Å². The van der Waals surface area contributed by atoms with Gasteiger partial charge < -0.3 is 9.64 Å². The molecule has 0 unspecified atom stereocenters. The van der Waals surface area contributed by atoms with Crippen LogP contribution in [0.5, 0.6) is 0 Å². The van der Waals surface area contributed by atoms with Gasteiger partial charge in [0.25, 0.3) is 0 Å². The van der Waals surface area contributed by atoms with Crippen LogP contribution in [0.15, 0.2) is 5.51 Å². The number of hydrogen-bond acceptors (Lipinski definition) is 5. The summed E-state index contributed by atoms with van der Waals surface area (Å²) in [7, 11) is 0. The minimum Gasteiger partial charge on any atom is -0.378 e. The normalized spacial score (nSPS) is 17.0. The average molecular weight is 195 g/mol. The lowest BCUT2D eigenvalue weighted by Crippen LogP contribution is -2.36. The van der Waals surface area contributed by atoms with Gasteiger partial charge in [0.2, 0.25) is 0 Å². The van der Waals surface area contributed by atoms with Gasteiger partial charge in [-0.2, -0.15) is 5.26 Å². The van der Waals surface area contributed by atoms with Crippen LogP contribution < -0.4 is 4.90 Å². The molecule has 0 radical (unpaired) electrons. The van der Waals surface area contributed by atoms with Gasteiger partial charge in [-0.3, -0.25) is 0 Å². The van der Waals surface area contributed by atoms with Crippen molar-refractivity contribution in [2.75, 3.05) is 31.2 Å². The topological polar surface area (TPSA) is 49.2 Å². The first-order valence-corrected chi connectivity index (χ1v) is 4.96. The van der Waals surface area contributed by atoms with Crippen LogP contribution in [0.25, 0.3) is 0 Å². The zero-order valence-electron chi connectivity index (χ0n) is 7.06. The van der Waals surface area contributed by atoms with Gasteiger partial charge in [-0.05, 0) is 0 Å². The first-order chi connectivity index (χ1) is 6.42. The van der Waals surface area contributed by atoms with Crippen LogP contribution in [-0.4, -0.2) is 31.3 Å². The molecule has 4 nitrogen and oxygen atoms in total. The lowest BCUT2D eigenvalue weighted by atomic mass is 10.4. The Bertz CT molecular complexity index is 324. The van der Waals surface area contributed by atoms with Crippen LogP contribution in [0.2, 0.25) is 0 Å². The van der Waals surface area contributed by atoms with Crippen molar-refractivity contribution in [3.63, 3.8) is 0 Å². The predicted molar refractivity (Wildman–Crippen MR) is 49.9 cm³/mol. The number of anilines is 1. The number of ether oxygens (including phenoxy) is 1. The Morgan fingerprint density at radius 2 is 2.31 bits per heavy atom. The lowest BCUT2D eigenvalue weighted by Gasteiger charge is -2.26. The Morgan fingerprint density at radius 1 is 1.54 bits per heavy atom. The number of rotatable bonds is 1. The SMILES string of the molecule is N#Cc1scnc1N1CCOCC1. The molecule has 1 aliphatic rings. The Hall–Kier alpha value is -1.12. The molecule has 0 N–H and O–H groups in total. The van der Waals surface area contributed by atoms with Crippen LogP contribution in [0.1, 0.15) is 4.88 Å². The molecular formula is C8H9N3OS. The third kappa shape index (κ3) is 1.64. The fourth-order valence-corrected chi connectivity index (χ4v) is 1.91. The second kappa shape index (κ2) is 3.73. The van der Waals surface area contributed by atoms with Gasteiger partial charge in [0.1, 0.15) is 10.9 Å². The summed E-state index contributed by atoms with van der Waals surface area (Å²) in [6, 6.07) is 2.15. The van der Waals surface area contributed by atoms with Gasteiger partial charge in [0.15, 0.2) is 5.82 Å². The van der Waals surface area contributed by atoms with E-state index < -0.39 is 0 Å². The molecule has 13 heavy (non-hydrogen) atoms. The third-order valence-corrected chi connectivity index (χ3v) is 2.68. The number of hydrogen-bond donors (Lipinski definition) is 0. The van der Waals surface area contributed by atoms with Crippen LogP contribution in [-0.2, 0) is 4.74 Å². The highest BCUT2D eigenvalue weighted by Gasteiger charge is 2.16. The molecule has 1 aromatic rings. The molecule has 68 valence electrons. The second-order valence-corrected chi connectivity index (χ2v) is 3.57. The van der Waals surface area contributed by atoms with E-state index in [1.54, 1.807) is 5.51 Å². The lowest BCUT2D eigenvalue weighted by molar-refractivity contribution is 0.122. The van der Waals surface area contributed by atoms with Crippen molar-refractivity contribution in [2.45, 2.75) is 0 Å². The highest BCUT2D eigenvalue weighted by atomic mass is 32.1. The Balaban J connectivity index is 2.19. The summed E-state index contributed by atoms with van der Waals surface area (Å²) in [5.41, 5.74) is 1.71. The number of aromatic nitrogens is 1. The molecule has 0 amide bonds. The molecule has 5 heteroatoms. The van der Waals surface area contributed by atoms with Crippen LogP contribution >= 0.6 is 11.3 Å². The Labute approximate surface area is 80.4 Å². The summed E-state index contributed by atoms with van der Waals surface area (Å²) in [6.07, 6.45) is 0. The van der Waals surface area contributed by atoms with E-state index >= 15 is 0 Å². The molecule has 0 atom stereocenters. The maximum absolute atomic E-state index is 8.80. The number of morpholine rings is 1. The van der Waals surface area contributed by atoms with Gasteiger partial charge in [0.05, 0.1) is 18.7 Å². The third-order valence-electron chi connectivity index (χ3n) is 1.96. The average Bonchev–Trinajstić information content (AvgIpc) is 2.67. The molecular weight excluding hydrogens is 186 g/mol. The quantitative estimate of drug-likeness (QED) is 0.666. The van der Waals surface area contributed by atoms with Crippen molar-refractivity contribution in [1.29, 1.82) is 5.26 Å². The molecule has 1 aromatic heterocycles. The van der Waals surface area contributed by atoms with Crippen molar-refractivity contribution < 1.29 is 4.74 Å². The minimum atomic E-state index is 0.696. The monoisotopic (exact) mass is 195 g/mol. The van der Waals surface area contributed by atoms with Gasteiger partial charge in [-0.1, -0.05) is 0 Å². The van der Waals surface area contributed by atoms with E-state index in [1.165, 1.54) is 11.3 Å². The number of nitrogens with zero attached hydrogens (tertiary/aromatic N) is 3. The van der Waals surface area contributed by atoms with Crippen LogP contribution in [0.3, 0.4) is 0 Å². The van der Waals surface area contributed by atoms with E-state index in [-0.39, 0.29) is 0 Å². The summed E-state index contributed by atoms with van der Waals surface area (Å²) in [5, 5.41) is 8.80. The molecule has 1 saturated heterocycles. The summed E-state index contributed by atoms with van der Waals surface area (Å²) < 4.78 is 5.22. The summed E-state index contributed by atoms with van der Waals surface area (Å²) in [6.45, 7) is 3.11. The number of nitriles is 1. The standard InChI is InChI=1S/C8H9N3OS/c9-5-7-8(10-6-13-7)11-1-3-12-4-2-11/h6H,1-4H2. The van der Waals surface area contributed by atoms with Gasteiger partial charge >= 0.3 is 0 Å². The summed E-state index contributed by atoms with van der Waals surface area (Å²) >= 11 is 1.39. The first kappa shape index (κ1) is 8.48. The van der Waals surface area contributed by atoms with Crippen molar-refractivity contribution in [1.82, 2.24) is 4.98 Å². The van der Waals surface area contributed by atoms with E-state index in [9.17, 15) is 0 Å². The van der Waals surface area contributed by atoms with E-state index in [4.69, 9.17) is 10.00 Å². The highest BCUT2D eigenvalue weighted by molar-refractivity contribution is 7.10. The fourth-order valence-electron chi connectivity index (χ4n) is 1.32. The molecule has 1 aliphatic heterocycles. The smallest absolute Gasteiger partial charge is 0.157 e. The molecule has 0 bridgehead atoms. The Morgan fingerprint density at radius 3 is 3.00 bits per heavy atom. The largest absolute Gasteiger partial charge is 0.378 e. The van der Waals surface area contributed by atoms with Crippen molar-refractivity contribution in [2.24, 2.45) is 0 Å². The van der Waals surface area contributed by atoms with Gasteiger partial charge in [-0.15, -0.1) is 11.3 Å². The van der Waals surface area contributed by atoms with E-state index in [1.807, 2.05) is 0 Å². The zero-order valence-corrected chi connectivity index (χ0v) is 7.88. The first-order valence-electron chi connectivity index (χ1n) is 4.08. The van der Waals surface area contributed by atoms with E-state index in [0.717, 1.165) is 32.1 Å². The second-order valence-electron chi connectivity index (χ2n) is 2.72. The maximum Gasteiger partial charge on any atom is 0.157 e. The summed E-state index contributed by atoms with van der Waals surface area (Å²) in [5.74, 6) is 0.816. The molecule has 0 saturated carbocycles. The molecule has 2 rings (SSSR count). The van der Waals surface area contributed by atoms with Crippen LogP contribution in [0.4, 0.5) is 5.82 Å². The predicted octanol–water partition coefficient (Wildman–Crippen LogP) is 0.851. The zero-order chi connectivity index (χ0) is 9.10. The molecule has 2 heterocycles. The molecule has 0 spiro atoms. The van der Waals surface area contributed by atoms with Gasteiger partial charge in [0, 0.05) is 13.1 Å². The Kier molecular flexibility index (Phi) is 2.43. The van der Waals surface area contributed by atoms with Crippen LogP contribution in [0, 0.1) is 11.3 Å². The fraction of sp³-hybridized carbons (Fsp3) is 0.500.